The predicted octanol–water partition coefficient (Wildman–Crippen LogP) is 0.250. The molecule has 0 radical (unpaired) electrons. The number of rotatable bonds is 4. The lowest BCUT2D eigenvalue weighted by Gasteiger charge is -2.13. The summed E-state index contributed by atoms with van der Waals surface area (Å²) in [5.41, 5.74) is 0.286. The van der Waals surface area contributed by atoms with Gasteiger partial charge in [0.15, 0.2) is 0 Å². The molecule has 0 bridgehead atoms. The van der Waals surface area contributed by atoms with Gasteiger partial charge in [0.25, 0.3) is 0 Å². The van der Waals surface area contributed by atoms with Crippen LogP contribution in [0.4, 0.5) is 5.69 Å². The SMILES string of the molecule is O=C(O)[C@H](CO)Nc1ccccc1O. The van der Waals surface area contributed by atoms with Crippen LogP contribution in [-0.2, 0) is 4.79 Å². The van der Waals surface area contributed by atoms with Crippen LogP contribution < -0.4 is 5.32 Å². The molecule has 5 heteroatoms. The maximum atomic E-state index is 10.5. The Hall–Kier alpha value is -1.75. The largest absolute Gasteiger partial charge is 0.506 e. The molecule has 0 saturated carbocycles. The molecule has 1 aromatic rings. The van der Waals surface area contributed by atoms with E-state index in [1.165, 1.54) is 12.1 Å². The first-order chi connectivity index (χ1) is 6.65. The Labute approximate surface area is 80.6 Å². The van der Waals surface area contributed by atoms with E-state index in [4.69, 9.17) is 10.2 Å². The summed E-state index contributed by atoms with van der Waals surface area (Å²) in [6.45, 7) is -0.538. The molecule has 0 heterocycles. The van der Waals surface area contributed by atoms with Crippen molar-refractivity contribution in [3.63, 3.8) is 0 Å². The molecular weight excluding hydrogens is 186 g/mol. The van der Waals surface area contributed by atoms with Gasteiger partial charge in [0.05, 0.1) is 12.3 Å². The van der Waals surface area contributed by atoms with E-state index in [-0.39, 0.29) is 11.4 Å². The number of carboxylic acid groups (broad SMARTS) is 1. The van der Waals surface area contributed by atoms with Crippen molar-refractivity contribution in [2.45, 2.75) is 6.04 Å². The van der Waals surface area contributed by atoms with Crippen molar-refractivity contribution in [3.8, 4) is 5.75 Å². The van der Waals surface area contributed by atoms with Crippen molar-refractivity contribution in [1.82, 2.24) is 0 Å². The third-order valence-corrected chi connectivity index (χ3v) is 1.71. The van der Waals surface area contributed by atoms with Gasteiger partial charge in [-0.05, 0) is 12.1 Å². The highest BCUT2D eigenvalue weighted by atomic mass is 16.4. The number of carboxylic acids is 1. The van der Waals surface area contributed by atoms with E-state index in [1.54, 1.807) is 12.1 Å². The van der Waals surface area contributed by atoms with Crippen LogP contribution in [0.1, 0.15) is 0 Å². The van der Waals surface area contributed by atoms with Gasteiger partial charge in [0.2, 0.25) is 0 Å². The summed E-state index contributed by atoms with van der Waals surface area (Å²) in [5.74, 6) is -1.22. The molecule has 0 saturated heterocycles. The lowest BCUT2D eigenvalue weighted by molar-refractivity contribution is -0.138. The Balaban J connectivity index is 2.77. The maximum Gasteiger partial charge on any atom is 0.328 e. The lowest BCUT2D eigenvalue weighted by atomic mass is 10.2. The molecule has 4 N–H and O–H groups in total. The van der Waals surface area contributed by atoms with Gasteiger partial charge < -0.3 is 20.6 Å². The number of phenolic OH excluding ortho intramolecular Hbond substituents is 1. The average Bonchev–Trinajstić information content (AvgIpc) is 2.16. The van der Waals surface area contributed by atoms with Crippen LogP contribution in [0.15, 0.2) is 24.3 Å². The molecule has 0 unspecified atom stereocenters. The maximum absolute atomic E-state index is 10.5. The smallest absolute Gasteiger partial charge is 0.328 e. The number of phenols is 1. The fourth-order valence-electron chi connectivity index (χ4n) is 0.969. The minimum Gasteiger partial charge on any atom is -0.506 e. The molecule has 0 aliphatic rings. The Kier molecular flexibility index (Phi) is 3.30. The summed E-state index contributed by atoms with van der Waals surface area (Å²) in [6.07, 6.45) is 0. The van der Waals surface area contributed by atoms with Crippen LogP contribution in [0.3, 0.4) is 0 Å². The van der Waals surface area contributed by atoms with Crippen LogP contribution in [-0.4, -0.2) is 33.9 Å². The molecular formula is C9H11NO4. The lowest BCUT2D eigenvalue weighted by Crippen LogP contribution is -2.32. The van der Waals surface area contributed by atoms with E-state index in [0.717, 1.165) is 0 Å². The Morgan fingerprint density at radius 2 is 2.07 bits per heavy atom. The van der Waals surface area contributed by atoms with Crippen LogP contribution >= 0.6 is 0 Å². The highest BCUT2D eigenvalue weighted by Gasteiger charge is 2.16. The van der Waals surface area contributed by atoms with E-state index in [0.29, 0.717) is 0 Å². The van der Waals surface area contributed by atoms with Gasteiger partial charge in [-0.15, -0.1) is 0 Å². The van der Waals surface area contributed by atoms with Gasteiger partial charge in [-0.2, -0.15) is 0 Å². The zero-order valence-electron chi connectivity index (χ0n) is 7.34. The molecule has 0 aromatic heterocycles. The summed E-state index contributed by atoms with van der Waals surface area (Å²) >= 11 is 0. The normalized spacial score (nSPS) is 12.1. The zero-order chi connectivity index (χ0) is 10.6. The number of anilines is 1. The van der Waals surface area contributed by atoms with Crippen LogP contribution in [0.2, 0.25) is 0 Å². The Bertz CT molecular complexity index is 326. The van der Waals surface area contributed by atoms with Gasteiger partial charge in [0.1, 0.15) is 11.8 Å². The number of hydrogen-bond acceptors (Lipinski definition) is 4. The summed E-state index contributed by atoms with van der Waals surface area (Å²) < 4.78 is 0. The van der Waals surface area contributed by atoms with E-state index >= 15 is 0 Å². The minimum atomic E-state index is -1.17. The predicted molar refractivity (Wildman–Crippen MR) is 50.2 cm³/mol. The minimum absolute atomic E-state index is 0.0489. The number of nitrogens with one attached hydrogen (secondary N) is 1. The molecule has 76 valence electrons. The molecule has 0 fully saturated rings. The molecule has 0 aliphatic heterocycles. The molecule has 0 aliphatic carbocycles. The first-order valence-electron chi connectivity index (χ1n) is 4.03. The number of aliphatic hydroxyl groups excluding tert-OH is 1. The number of benzene rings is 1. The topological polar surface area (TPSA) is 89.8 Å². The standard InChI is InChI=1S/C9H11NO4/c11-5-7(9(13)14)10-6-3-1-2-4-8(6)12/h1-4,7,10-12H,5H2,(H,13,14)/t7-/m0/s1. The number of hydrogen-bond donors (Lipinski definition) is 4. The first-order valence-corrected chi connectivity index (χ1v) is 4.03. The van der Waals surface area contributed by atoms with Gasteiger partial charge in [-0.3, -0.25) is 0 Å². The van der Waals surface area contributed by atoms with Crippen LogP contribution in [0.25, 0.3) is 0 Å². The van der Waals surface area contributed by atoms with Crippen LogP contribution in [0.5, 0.6) is 5.75 Å². The Morgan fingerprint density at radius 3 is 2.57 bits per heavy atom. The number of carbonyl (C=O) groups is 1. The van der Waals surface area contributed by atoms with Crippen molar-refractivity contribution in [3.05, 3.63) is 24.3 Å². The summed E-state index contributed by atoms with van der Waals surface area (Å²) in [5, 5.41) is 29.1. The molecule has 1 aromatic carbocycles. The molecule has 5 nitrogen and oxygen atoms in total. The third-order valence-electron chi connectivity index (χ3n) is 1.71. The zero-order valence-corrected chi connectivity index (χ0v) is 7.34. The third kappa shape index (κ3) is 2.37. The fourth-order valence-corrected chi connectivity index (χ4v) is 0.969. The second kappa shape index (κ2) is 4.48. The highest BCUT2D eigenvalue weighted by molar-refractivity contribution is 5.78. The van der Waals surface area contributed by atoms with Crippen molar-refractivity contribution in [2.24, 2.45) is 0 Å². The van der Waals surface area contributed by atoms with Gasteiger partial charge in [0, 0.05) is 0 Å². The number of aliphatic carboxylic acids is 1. The summed E-state index contributed by atoms with van der Waals surface area (Å²) in [7, 11) is 0. The highest BCUT2D eigenvalue weighted by Crippen LogP contribution is 2.22. The van der Waals surface area contributed by atoms with E-state index in [9.17, 15) is 9.90 Å². The quantitative estimate of drug-likeness (QED) is 0.519. The molecule has 0 spiro atoms. The van der Waals surface area contributed by atoms with Crippen molar-refractivity contribution >= 4 is 11.7 Å². The first kappa shape index (κ1) is 10.3. The number of aromatic hydroxyl groups is 1. The molecule has 1 atom stereocenters. The second-order valence-corrected chi connectivity index (χ2v) is 2.73. The van der Waals surface area contributed by atoms with Crippen LogP contribution in [0, 0.1) is 0 Å². The molecule has 0 amide bonds. The second-order valence-electron chi connectivity index (χ2n) is 2.73. The van der Waals surface area contributed by atoms with Crippen molar-refractivity contribution in [2.75, 3.05) is 11.9 Å². The van der Waals surface area contributed by atoms with Gasteiger partial charge >= 0.3 is 5.97 Å². The Morgan fingerprint density at radius 1 is 1.43 bits per heavy atom. The fraction of sp³-hybridized carbons (Fsp3) is 0.222. The van der Waals surface area contributed by atoms with E-state index in [2.05, 4.69) is 5.32 Å². The van der Waals surface area contributed by atoms with E-state index in [1.807, 2.05) is 0 Å². The van der Waals surface area contributed by atoms with Crippen molar-refractivity contribution in [1.29, 1.82) is 0 Å². The number of aliphatic hydroxyl groups is 1. The summed E-state index contributed by atoms with van der Waals surface area (Å²) in [4.78, 5) is 10.5. The monoisotopic (exact) mass is 197 g/mol. The van der Waals surface area contributed by atoms with E-state index < -0.39 is 18.6 Å². The average molecular weight is 197 g/mol. The van der Waals surface area contributed by atoms with Gasteiger partial charge in [-0.1, -0.05) is 12.1 Å². The number of para-hydroxylation sites is 2. The summed E-state index contributed by atoms with van der Waals surface area (Å²) in [6, 6.07) is 5.12. The molecule has 1 rings (SSSR count). The van der Waals surface area contributed by atoms with Crippen molar-refractivity contribution < 1.29 is 20.1 Å². The molecule has 14 heavy (non-hydrogen) atoms. The van der Waals surface area contributed by atoms with Gasteiger partial charge in [-0.25, -0.2) is 4.79 Å².